The number of hydrogen-bond donors (Lipinski definition) is 0. The van der Waals surface area contributed by atoms with Crippen molar-refractivity contribution in [3.63, 3.8) is 0 Å². The fourth-order valence-electron chi connectivity index (χ4n) is 7.21. The predicted molar refractivity (Wildman–Crippen MR) is 157 cm³/mol. The molecular weight excluding hydrogens is 432 g/mol. The Morgan fingerprint density at radius 1 is 0.944 bits per heavy atom. The van der Waals surface area contributed by atoms with Crippen LogP contribution >= 0.6 is 0 Å². The number of fused-ring (bicyclic) bond motifs is 1. The zero-order valence-electron chi connectivity index (χ0n) is 23.2. The molecule has 0 amide bonds. The van der Waals surface area contributed by atoms with Crippen LogP contribution in [0.15, 0.2) is 72.4 Å². The summed E-state index contributed by atoms with van der Waals surface area (Å²) < 4.78 is 0. The monoisotopic (exact) mass is 476 g/mol. The van der Waals surface area contributed by atoms with Crippen molar-refractivity contribution in [1.29, 1.82) is 0 Å². The first-order valence-electron chi connectivity index (χ1n) is 14.2. The predicted octanol–water partition coefficient (Wildman–Crippen LogP) is 9.85. The molecule has 5 atom stereocenters. The van der Waals surface area contributed by atoms with Crippen LogP contribution in [-0.4, -0.2) is 0 Å². The minimum Gasteiger partial charge on any atom is -0.0986 e. The maximum absolute atomic E-state index is 4.44. The smallest absolute Gasteiger partial charge is 0.00826 e. The van der Waals surface area contributed by atoms with Crippen molar-refractivity contribution >= 4 is 6.08 Å². The largest absolute Gasteiger partial charge is 0.0986 e. The number of aryl methyl sites for hydroxylation is 2. The molecule has 0 heteroatoms. The molecule has 0 heterocycles. The van der Waals surface area contributed by atoms with Gasteiger partial charge in [-0.2, -0.15) is 0 Å². The van der Waals surface area contributed by atoms with E-state index in [-0.39, 0.29) is 0 Å². The quantitative estimate of drug-likeness (QED) is 0.377. The number of hydrogen-bond acceptors (Lipinski definition) is 0. The first-order valence-corrected chi connectivity index (χ1v) is 14.2. The van der Waals surface area contributed by atoms with Gasteiger partial charge in [-0.15, -0.1) is 0 Å². The van der Waals surface area contributed by atoms with Gasteiger partial charge in [0.15, 0.2) is 0 Å². The molecule has 1 fully saturated rings. The SMILES string of the molecule is C=C1C=CC(C)C(=C)C1CC1=Cc2cccc(-c3cc(C)cc(C)c3C[C@@H]3CCC(C)C[C@@H]3C)c2C1. The van der Waals surface area contributed by atoms with Crippen molar-refractivity contribution in [2.75, 3.05) is 0 Å². The molecule has 3 aliphatic rings. The van der Waals surface area contributed by atoms with Gasteiger partial charge in [-0.1, -0.05) is 106 Å². The molecule has 0 N–H and O–H groups in total. The molecule has 1 saturated carbocycles. The van der Waals surface area contributed by atoms with Crippen LogP contribution in [0.2, 0.25) is 0 Å². The molecule has 0 radical (unpaired) electrons. The molecular formula is C36H44. The number of allylic oxidation sites excluding steroid dienone is 5. The van der Waals surface area contributed by atoms with Crippen LogP contribution in [0.4, 0.5) is 0 Å². The van der Waals surface area contributed by atoms with Gasteiger partial charge in [0.1, 0.15) is 0 Å². The van der Waals surface area contributed by atoms with Crippen molar-refractivity contribution in [3.05, 3.63) is 100 Å². The van der Waals surface area contributed by atoms with E-state index in [9.17, 15) is 0 Å². The topological polar surface area (TPSA) is 0 Å². The zero-order valence-corrected chi connectivity index (χ0v) is 23.2. The van der Waals surface area contributed by atoms with Crippen molar-refractivity contribution in [2.45, 2.75) is 73.1 Å². The molecule has 0 aliphatic heterocycles. The fourth-order valence-corrected chi connectivity index (χ4v) is 7.21. The highest BCUT2D eigenvalue weighted by Crippen LogP contribution is 2.43. The number of benzene rings is 2. The van der Waals surface area contributed by atoms with E-state index in [1.807, 2.05) is 0 Å². The van der Waals surface area contributed by atoms with Gasteiger partial charge in [0, 0.05) is 5.92 Å². The lowest BCUT2D eigenvalue weighted by Crippen LogP contribution is -2.23. The Morgan fingerprint density at radius 2 is 1.75 bits per heavy atom. The standard InChI is InChI=1S/C36H44/c1-22-11-14-30(26(5)15-22)21-34-27(6)16-23(2)17-36(34)32-10-8-9-31-18-29(20-35(31)32)19-33-25(4)13-12-24(3)28(33)7/h8-10,12-13,16-18,22,24,26,30,33H,4,7,11,14-15,19-21H2,1-3,5-6H3/t22?,24?,26-,30-,33?/m0/s1. The van der Waals surface area contributed by atoms with Gasteiger partial charge in [0.2, 0.25) is 0 Å². The summed E-state index contributed by atoms with van der Waals surface area (Å²) >= 11 is 0. The van der Waals surface area contributed by atoms with E-state index < -0.39 is 0 Å². The second-order valence-corrected chi connectivity index (χ2v) is 12.4. The molecule has 0 bridgehead atoms. The Labute approximate surface area is 219 Å². The first kappa shape index (κ1) is 25.1. The summed E-state index contributed by atoms with van der Waals surface area (Å²) in [6.45, 7) is 20.6. The second-order valence-electron chi connectivity index (χ2n) is 12.4. The van der Waals surface area contributed by atoms with E-state index in [0.717, 1.165) is 30.6 Å². The third kappa shape index (κ3) is 4.84. The Balaban J connectivity index is 1.45. The highest BCUT2D eigenvalue weighted by molar-refractivity contribution is 5.80. The fraction of sp³-hybridized carbons (Fsp3) is 0.444. The maximum Gasteiger partial charge on any atom is 0.00826 e. The molecule has 0 spiro atoms. The molecule has 2 aromatic carbocycles. The van der Waals surface area contributed by atoms with Crippen LogP contribution < -0.4 is 0 Å². The van der Waals surface area contributed by atoms with Crippen LogP contribution in [0.25, 0.3) is 17.2 Å². The van der Waals surface area contributed by atoms with Crippen LogP contribution in [0.3, 0.4) is 0 Å². The van der Waals surface area contributed by atoms with Gasteiger partial charge < -0.3 is 0 Å². The summed E-state index contributed by atoms with van der Waals surface area (Å²) in [6.07, 6.45) is 14.3. The third-order valence-electron chi connectivity index (χ3n) is 9.50. The lowest BCUT2D eigenvalue weighted by atomic mass is 9.72. The normalized spacial score (nSPS) is 27.8. The van der Waals surface area contributed by atoms with Crippen LogP contribution in [0.5, 0.6) is 0 Å². The summed E-state index contributed by atoms with van der Waals surface area (Å²) in [7, 11) is 0. The van der Waals surface area contributed by atoms with Crippen LogP contribution in [0.1, 0.15) is 74.3 Å². The summed E-state index contributed by atoms with van der Waals surface area (Å²) in [4.78, 5) is 0. The second kappa shape index (κ2) is 10.0. The molecule has 36 heavy (non-hydrogen) atoms. The van der Waals surface area contributed by atoms with Crippen molar-refractivity contribution < 1.29 is 0 Å². The Kier molecular flexibility index (Phi) is 6.99. The molecule has 188 valence electrons. The summed E-state index contributed by atoms with van der Waals surface area (Å²) in [5.41, 5.74) is 14.3. The van der Waals surface area contributed by atoms with Gasteiger partial charge in [0.05, 0.1) is 0 Å². The minimum absolute atomic E-state index is 0.362. The zero-order chi connectivity index (χ0) is 25.6. The van der Waals surface area contributed by atoms with Gasteiger partial charge >= 0.3 is 0 Å². The van der Waals surface area contributed by atoms with Crippen molar-refractivity contribution in [3.8, 4) is 11.1 Å². The van der Waals surface area contributed by atoms with Crippen LogP contribution in [-0.2, 0) is 12.8 Å². The summed E-state index contributed by atoms with van der Waals surface area (Å²) in [5, 5.41) is 0. The van der Waals surface area contributed by atoms with E-state index in [1.165, 1.54) is 75.8 Å². The molecule has 3 aliphatic carbocycles. The average molecular weight is 477 g/mol. The van der Waals surface area contributed by atoms with E-state index in [1.54, 1.807) is 5.56 Å². The molecule has 0 nitrogen and oxygen atoms in total. The highest BCUT2D eigenvalue weighted by Gasteiger charge is 2.29. The van der Waals surface area contributed by atoms with E-state index in [0.29, 0.717) is 11.8 Å². The van der Waals surface area contributed by atoms with Crippen LogP contribution in [0, 0.1) is 43.4 Å². The lowest BCUT2D eigenvalue weighted by molar-refractivity contribution is 0.203. The highest BCUT2D eigenvalue weighted by atomic mass is 14.3. The van der Waals surface area contributed by atoms with E-state index >= 15 is 0 Å². The third-order valence-corrected chi connectivity index (χ3v) is 9.50. The minimum atomic E-state index is 0.362. The van der Waals surface area contributed by atoms with Gasteiger partial charge in [0.25, 0.3) is 0 Å². The molecule has 0 aromatic heterocycles. The van der Waals surface area contributed by atoms with Gasteiger partial charge in [-0.25, -0.2) is 0 Å². The Bertz CT molecular complexity index is 1250. The number of rotatable bonds is 5. The lowest BCUT2D eigenvalue weighted by Gasteiger charge is -2.33. The van der Waals surface area contributed by atoms with Gasteiger partial charge in [-0.3, -0.25) is 0 Å². The van der Waals surface area contributed by atoms with E-state index in [2.05, 4.69) is 96.3 Å². The maximum atomic E-state index is 4.44. The Morgan fingerprint density at radius 3 is 2.53 bits per heavy atom. The summed E-state index contributed by atoms with van der Waals surface area (Å²) in [5.74, 6) is 3.28. The molecule has 3 unspecified atom stereocenters. The van der Waals surface area contributed by atoms with Crippen molar-refractivity contribution in [2.24, 2.45) is 29.6 Å². The average Bonchev–Trinajstić information content (AvgIpc) is 3.25. The molecule has 2 aromatic rings. The van der Waals surface area contributed by atoms with Gasteiger partial charge in [-0.05, 0) is 109 Å². The Hall–Kier alpha value is -2.60. The van der Waals surface area contributed by atoms with E-state index in [4.69, 9.17) is 0 Å². The van der Waals surface area contributed by atoms with Crippen molar-refractivity contribution in [1.82, 2.24) is 0 Å². The molecule has 0 saturated heterocycles. The summed E-state index contributed by atoms with van der Waals surface area (Å²) in [6, 6.07) is 11.8. The molecule has 5 rings (SSSR count). The first-order chi connectivity index (χ1) is 17.2.